The van der Waals surface area contributed by atoms with Crippen LogP contribution in [0.2, 0.25) is 0 Å². The van der Waals surface area contributed by atoms with Crippen LogP contribution in [0.15, 0.2) is 0 Å². The van der Waals surface area contributed by atoms with Crippen LogP contribution in [0.25, 0.3) is 0 Å². The summed E-state index contributed by atoms with van der Waals surface area (Å²) >= 11 is 0. The number of carbonyl (C=O) groups excluding carboxylic acids is 1. The number of nitrogens with one attached hydrogen (secondary N) is 2. The van der Waals surface area contributed by atoms with Crippen molar-refractivity contribution in [2.45, 2.75) is 38.5 Å². The summed E-state index contributed by atoms with van der Waals surface area (Å²) in [6.07, 6.45) is 6.83. The Bertz CT molecular complexity index is 269. The van der Waals surface area contributed by atoms with Gasteiger partial charge < -0.3 is 15.5 Å². The van der Waals surface area contributed by atoms with Gasteiger partial charge in [0.1, 0.15) is 0 Å². The summed E-state index contributed by atoms with van der Waals surface area (Å²) < 4.78 is 0. The number of hydrogen-bond acceptors (Lipinski definition) is 3. The van der Waals surface area contributed by atoms with Gasteiger partial charge in [-0.05, 0) is 77.2 Å². The van der Waals surface area contributed by atoms with Crippen LogP contribution < -0.4 is 10.6 Å². The Morgan fingerprint density at radius 2 is 2.05 bits per heavy atom. The molecule has 0 aromatic carbocycles. The largest absolute Gasteiger partial charge is 0.356 e. The summed E-state index contributed by atoms with van der Waals surface area (Å²) in [5.74, 6) is 1.75. The fraction of sp³-hybridized carbons (Fsp3) is 0.933. The molecule has 0 aromatic rings. The predicted octanol–water partition coefficient (Wildman–Crippen LogP) is 1.22. The van der Waals surface area contributed by atoms with Gasteiger partial charge in [-0.25, -0.2) is 0 Å². The van der Waals surface area contributed by atoms with E-state index < -0.39 is 0 Å². The lowest BCUT2D eigenvalue weighted by Crippen LogP contribution is -2.31. The Hall–Kier alpha value is -0.610. The van der Waals surface area contributed by atoms with Crippen molar-refractivity contribution < 1.29 is 4.79 Å². The minimum atomic E-state index is 0.250. The Labute approximate surface area is 117 Å². The Balaban J connectivity index is 1.49. The van der Waals surface area contributed by atoms with Crippen molar-refractivity contribution in [2.75, 3.05) is 39.8 Å². The first-order valence-electron chi connectivity index (χ1n) is 7.90. The summed E-state index contributed by atoms with van der Waals surface area (Å²) in [5, 5.41) is 6.41. The van der Waals surface area contributed by atoms with Crippen molar-refractivity contribution in [3.05, 3.63) is 0 Å². The predicted molar refractivity (Wildman–Crippen MR) is 78.1 cm³/mol. The third-order valence-corrected chi connectivity index (χ3v) is 4.60. The second-order valence-electron chi connectivity index (χ2n) is 6.30. The van der Waals surface area contributed by atoms with Crippen molar-refractivity contribution in [3.8, 4) is 0 Å². The molecule has 0 aromatic heterocycles. The summed E-state index contributed by atoms with van der Waals surface area (Å²) in [4.78, 5) is 14.2. The lowest BCUT2D eigenvalue weighted by molar-refractivity contribution is -0.121. The van der Waals surface area contributed by atoms with Crippen LogP contribution in [0.3, 0.4) is 0 Å². The highest BCUT2D eigenvalue weighted by molar-refractivity contribution is 5.75. The zero-order valence-corrected chi connectivity index (χ0v) is 12.3. The third-order valence-electron chi connectivity index (χ3n) is 4.60. The number of nitrogens with zero attached hydrogens (tertiary/aromatic N) is 1. The van der Waals surface area contributed by atoms with E-state index in [0.717, 1.165) is 32.0 Å². The lowest BCUT2D eigenvalue weighted by Gasteiger charge is -2.28. The molecule has 2 N–H and O–H groups in total. The highest BCUT2D eigenvalue weighted by Crippen LogP contribution is 2.21. The van der Waals surface area contributed by atoms with Crippen LogP contribution in [-0.2, 0) is 4.79 Å². The highest BCUT2D eigenvalue weighted by Gasteiger charge is 2.17. The molecule has 0 aliphatic carbocycles. The summed E-state index contributed by atoms with van der Waals surface area (Å²) in [6, 6.07) is 0. The Kier molecular flexibility index (Phi) is 6.11. The zero-order chi connectivity index (χ0) is 13.5. The fourth-order valence-corrected chi connectivity index (χ4v) is 3.14. The van der Waals surface area contributed by atoms with Crippen LogP contribution in [0, 0.1) is 11.8 Å². The van der Waals surface area contributed by atoms with Gasteiger partial charge in [-0.2, -0.15) is 0 Å². The average Bonchev–Trinajstić information content (AvgIpc) is 2.92. The quantitative estimate of drug-likeness (QED) is 0.761. The van der Waals surface area contributed by atoms with Crippen LogP contribution in [-0.4, -0.2) is 50.6 Å². The molecule has 0 spiro atoms. The van der Waals surface area contributed by atoms with E-state index in [2.05, 4.69) is 22.6 Å². The maximum atomic E-state index is 11.8. The smallest absolute Gasteiger partial charge is 0.220 e. The topological polar surface area (TPSA) is 44.4 Å². The monoisotopic (exact) mass is 267 g/mol. The number of piperidine rings is 1. The summed E-state index contributed by atoms with van der Waals surface area (Å²) in [6.45, 7) is 5.49. The van der Waals surface area contributed by atoms with Gasteiger partial charge in [0.25, 0.3) is 0 Å². The minimum Gasteiger partial charge on any atom is -0.356 e. The van der Waals surface area contributed by atoms with Gasteiger partial charge >= 0.3 is 0 Å². The van der Waals surface area contributed by atoms with Gasteiger partial charge in [0.15, 0.2) is 0 Å². The Morgan fingerprint density at radius 3 is 2.74 bits per heavy atom. The molecular weight excluding hydrogens is 238 g/mol. The fourth-order valence-electron chi connectivity index (χ4n) is 3.14. The number of carbonyl (C=O) groups is 1. The van der Waals surface area contributed by atoms with Crippen molar-refractivity contribution in [2.24, 2.45) is 11.8 Å². The number of likely N-dealkylation sites (tertiary alicyclic amines) is 1. The highest BCUT2D eigenvalue weighted by atomic mass is 16.1. The maximum absolute atomic E-state index is 11.8. The van der Waals surface area contributed by atoms with Crippen molar-refractivity contribution >= 4 is 5.91 Å². The SMILES string of the molecule is CN1CCC(CCCC(=O)NCC2CCNC2)CC1. The molecule has 1 amide bonds. The van der Waals surface area contributed by atoms with Gasteiger partial charge in [-0.1, -0.05) is 0 Å². The van der Waals surface area contributed by atoms with E-state index in [-0.39, 0.29) is 5.91 Å². The van der Waals surface area contributed by atoms with Crippen molar-refractivity contribution in [3.63, 3.8) is 0 Å². The van der Waals surface area contributed by atoms with E-state index in [9.17, 15) is 4.79 Å². The average molecular weight is 267 g/mol. The van der Waals surface area contributed by atoms with E-state index in [1.165, 1.54) is 38.8 Å². The lowest BCUT2D eigenvalue weighted by atomic mass is 9.92. The Morgan fingerprint density at radius 1 is 1.26 bits per heavy atom. The van der Waals surface area contributed by atoms with Crippen LogP contribution >= 0.6 is 0 Å². The number of amides is 1. The molecule has 2 aliphatic rings. The summed E-state index contributed by atoms with van der Waals surface area (Å²) in [7, 11) is 2.20. The van der Waals surface area contributed by atoms with Crippen molar-refractivity contribution in [1.82, 2.24) is 15.5 Å². The zero-order valence-electron chi connectivity index (χ0n) is 12.3. The van der Waals surface area contributed by atoms with Crippen molar-refractivity contribution in [1.29, 1.82) is 0 Å². The molecule has 0 radical (unpaired) electrons. The molecule has 2 aliphatic heterocycles. The molecule has 110 valence electrons. The normalized spacial score (nSPS) is 25.6. The molecule has 4 heteroatoms. The van der Waals surface area contributed by atoms with Gasteiger partial charge in [-0.3, -0.25) is 4.79 Å². The van der Waals surface area contributed by atoms with E-state index in [1.807, 2.05) is 0 Å². The standard InChI is InChI=1S/C15H29N3O/c1-18-9-6-13(7-10-18)3-2-4-15(19)17-12-14-5-8-16-11-14/h13-14,16H,2-12H2,1H3,(H,17,19). The molecule has 2 rings (SSSR count). The van der Waals surface area contributed by atoms with Crippen LogP contribution in [0.1, 0.15) is 38.5 Å². The molecule has 0 bridgehead atoms. The molecule has 2 heterocycles. The third kappa shape index (κ3) is 5.49. The van der Waals surface area contributed by atoms with Gasteiger partial charge in [0.2, 0.25) is 5.91 Å². The molecule has 2 saturated heterocycles. The minimum absolute atomic E-state index is 0.250. The molecular formula is C15H29N3O. The van der Waals surface area contributed by atoms with E-state index >= 15 is 0 Å². The van der Waals surface area contributed by atoms with E-state index in [0.29, 0.717) is 12.3 Å². The first-order valence-corrected chi connectivity index (χ1v) is 7.90. The van der Waals surface area contributed by atoms with Gasteiger partial charge in [0.05, 0.1) is 0 Å². The second-order valence-corrected chi connectivity index (χ2v) is 6.30. The number of rotatable bonds is 6. The summed E-state index contributed by atoms with van der Waals surface area (Å²) in [5.41, 5.74) is 0. The van der Waals surface area contributed by atoms with Crippen LogP contribution in [0.5, 0.6) is 0 Å². The first-order chi connectivity index (χ1) is 9.24. The van der Waals surface area contributed by atoms with E-state index in [1.54, 1.807) is 0 Å². The molecule has 19 heavy (non-hydrogen) atoms. The first kappa shape index (κ1) is 14.8. The van der Waals surface area contributed by atoms with Crippen LogP contribution in [0.4, 0.5) is 0 Å². The molecule has 1 unspecified atom stereocenters. The van der Waals surface area contributed by atoms with Gasteiger partial charge in [-0.15, -0.1) is 0 Å². The molecule has 4 nitrogen and oxygen atoms in total. The number of hydrogen-bond donors (Lipinski definition) is 2. The molecule has 2 fully saturated rings. The molecule has 0 saturated carbocycles. The maximum Gasteiger partial charge on any atom is 0.220 e. The van der Waals surface area contributed by atoms with Gasteiger partial charge in [0, 0.05) is 13.0 Å². The second kappa shape index (κ2) is 7.85. The van der Waals surface area contributed by atoms with E-state index in [4.69, 9.17) is 0 Å². The molecule has 1 atom stereocenters.